The van der Waals surface area contributed by atoms with Gasteiger partial charge in [0.25, 0.3) is 0 Å². The van der Waals surface area contributed by atoms with E-state index in [2.05, 4.69) is 26.1 Å². The standard InChI is InChI=1S/C16H26ClNO2/c1-7-16(4,5)18-10-12-8-13(17)15(20-11(2)3)14(9-12)19-6/h8-9,11,18H,7,10H2,1-6H3. The molecule has 0 aliphatic carbocycles. The van der Waals surface area contributed by atoms with Crippen LogP contribution in [0, 0.1) is 0 Å². The van der Waals surface area contributed by atoms with Crippen LogP contribution in [0.4, 0.5) is 0 Å². The molecular weight excluding hydrogens is 274 g/mol. The SMILES string of the molecule is CCC(C)(C)NCc1cc(Cl)c(OC(C)C)c(OC)c1. The van der Waals surface area contributed by atoms with E-state index in [4.69, 9.17) is 21.1 Å². The van der Waals surface area contributed by atoms with E-state index in [0.29, 0.717) is 16.5 Å². The lowest BCUT2D eigenvalue weighted by atomic mass is 10.0. The Kier molecular flexibility index (Phi) is 6.15. The van der Waals surface area contributed by atoms with Crippen molar-refractivity contribution in [2.24, 2.45) is 0 Å². The van der Waals surface area contributed by atoms with Gasteiger partial charge in [0.1, 0.15) is 0 Å². The first-order valence-corrected chi connectivity index (χ1v) is 7.45. The molecule has 0 saturated heterocycles. The highest BCUT2D eigenvalue weighted by molar-refractivity contribution is 6.32. The molecule has 1 aromatic carbocycles. The summed E-state index contributed by atoms with van der Waals surface area (Å²) in [5.74, 6) is 1.29. The minimum absolute atomic E-state index is 0.0596. The Hall–Kier alpha value is -0.930. The molecule has 0 amide bonds. The molecule has 0 heterocycles. The van der Waals surface area contributed by atoms with Gasteiger partial charge in [-0.2, -0.15) is 0 Å². The van der Waals surface area contributed by atoms with Crippen molar-refractivity contribution in [2.45, 2.75) is 59.2 Å². The summed E-state index contributed by atoms with van der Waals surface area (Å²) in [6.07, 6.45) is 1.12. The normalized spacial score (nSPS) is 11.8. The highest BCUT2D eigenvalue weighted by Crippen LogP contribution is 2.37. The molecule has 0 unspecified atom stereocenters. The Labute approximate surface area is 127 Å². The van der Waals surface area contributed by atoms with Gasteiger partial charge in [0.2, 0.25) is 0 Å². The molecule has 0 aliphatic heterocycles. The second kappa shape index (κ2) is 7.19. The molecule has 0 spiro atoms. The first-order chi connectivity index (χ1) is 9.29. The van der Waals surface area contributed by atoms with E-state index in [1.165, 1.54) is 0 Å². The third kappa shape index (κ3) is 4.88. The molecule has 0 aliphatic rings. The summed E-state index contributed by atoms with van der Waals surface area (Å²) in [5.41, 5.74) is 1.19. The first-order valence-electron chi connectivity index (χ1n) is 7.07. The fourth-order valence-corrected chi connectivity index (χ4v) is 1.97. The maximum atomic E-state index is 6.31. The van der Waals surface area contributed by atoms with Crippen molar-refractivity contribution in [1.82, 2.24) is 5.32 Å². The van der Waals surface area contributed by atoms with Gasteiger partial charge in [0, 0.05) is 12.1 Å². The number of methoxy groups -OCH3 is 1. The van der Waals surface area contributed by atoms with Gasteiger partial charge in [-0.25, -0.2) is 0 Å². The minimum Gasteiger partial charge on any atom is -0.493 e. The zero-order chi connectivity index (χ0) is 15.3. The summed E-state index contributed by atoms with van der Waals surface area (Å²) in [7, 11) is 1.63. The van der Waals surface area contributed by atoms with Gasteiger partial charge in [0.15, 0.2) is 11.5 Å². The second-order valence-electron chi connectivity index (χ2n) is 5.87. The number of ether oxygens (including phenoxy) is 2. The molecule has 1 rings (SSSR count). The molecule has 0 bridgehead atoms. The van der Waals surface area contributed by atoms with Crippen LogP contribution >= 0.6 is 11.6 Å². The van der Waals surface area contributed by atoms with Crippen molar-refractivity contribution in [2.75, 3.05) is 7.11 Å². The van der Waals surface area contributed by atoms with E-state index in [-0.39, 0.29) is 11.6 Å². The Bertz CT molecular complexity index is 444. The number of hydrogen-bond acceptors (Lipinski definition) is 3. The number of rotatable bonds is 7. The Morgan fingerprint density at radius 1 is 1.30 bits per heavy atom. The number of benzene rings is 1. The number of hydrogen-bond donors (Lipinski definition) is 1. The van der Waals surface area contributed by atoms with Crippen molar-refractivity contribution in [1.29, 1.82) is 0 Å². The van der Waals surface area contributed by atoms with Crippen LogP contribution in [0.15, 0.2) is 12.1 Å². The van der Waals surface area contributed by atoms with Crippen molar-refractivity contribution in [3.63, 3.8) is 0 Å². The van der Waals surface area contributed by atoms with Crippen LogP contribution in [-0.2, 0) is 6.54 Å². The van der Waals surface area contributed by atoms with E-state index in [9.17, 15) is 0 Å². The van der Waals surface area contributed by atoms with Crippen LogP contribution in [0.1, 0.15) is 46.6 Å². The average molecular weight is 300 g/mol. The summed E-state index contributed by atoms with van der Waals surface area (Å²) in [5, 5.41) is 4.10. The Balaban J connectivity index is 2.93. The van der Waals surface area contributed by atoms with Crippen molar-refractivity contribution in [3.05, 3.63) is 22.7 Å². The van der Waals surface area contributed by atoms with Crippen LogP contribution in [-0.4, -0.2) is 18.8 Å². The summed E-state index contributed by atoms with van der Waals surface area (Å²) in [6.45, 7) is 11.2. The molecule has 0 fully saturated rings. The number of halogens is 1. The van der Waals surface area contributed by atoms with Crippen LogP contribution in [0.25, 0.3) is 0 Å². The van der Waals surface area contributed by atoms with Crippen LogP contribution in [0.3, 0.4) is 0 Å². The van der Waals surface area contributed by atoms with Gasteiger partial charge in [-0.3, -0.25) is 0 Å². The summed E-state index contributed by atoms with van der Waals surface area (Å²) in [6, 6.07) is 3.91. The van der Waals surface area contributed by atoms with Gasteiger partial charge in [-0.05, 0) is 51.8 Å². The molecule has 20 heavy (non-hydrogen) atoms. The van der Waals surface area contributed by atoms with E-state index in [1.54, 1.807) is 7.11 Å². The summed E-state index contributed by atoms with van der Waals surface area (Å²) < 4.78 is 11.1. The average Bonchev–Trinajstić information content (AvgIpc) is 2.38. The minimum atomic E-state index is 0.0596. The van der Waals surface area contributed by atoms with Gasteiger partial charge >= 0.3 is 0 Å². The van der Waals surface area contributed by atoms with Gasteiger partial charge in [-0.15, -0.1) is 0 Å². The predicted octanol–water partition coefficient (Wildman–Crippen LogP) is 4.41. The molecule has 0 atom stereocenters. The Morgan fingerprint density at radius 2 is 1.95 bits per heavy atom. The highest BCUT2D eigenvalue weighted by atomic mass is 35.5. The maximum Gasteiger partial charge on any atom is 0.180 e. The lowest BCUT2D eigenvalue weighted by Gasteiger charge is -2.25. The molecule has 1 N–H and O–H groups in total. The van der Waals surface area contributed by atoms with Crippen molar-refractivity contribution in [3.8, 4) is 11.5 Å². The third-order valence-electron chi connectivity index (χ3n) is 3.30. The summed E-state index contributed by atoms with van der Waals surface area (Å²) >= 11 is 6.31. The fraction of sp³-hybridized carbons (Fsp3) is 0.625. The third-order valence-corrected chi connectivity index (χ3v) is 3.58. The monoisotopic (exact) mass is 299 g/mol. The van der Waals surface area contributed by atoms with E-state index in [0.717, 1.165) is 18.5 Å². The van der Waals surface area contributed by atoms with Gasteiger partial charge < -0.3 is 14.8 Å². The predicted molar refractivity (Wildman–Crippen MR) is 85.0 cm³/mol. The Morgan fingerprint density at radius 3 is 2.45 bits per heavy atom. The quantitative estimate of drug-likeness (QED) is 0.809. The summed E-state index contributed by atoms with van der Waals surface area (Å²) in [4.78, 5) is 0. The lowest BCUT2D eigenvalue weighted by Crippen LogP contribution is -2.37. The molecule has 0 saturated carbocycles. The maximum absolute atomic E-state index is 6.31. The molecule has 114 valence electrons. The topological polar surface area (TPSA) is 30.5 Å². The molecule has 0 aromatic heterocycles. The zero-order valence-corrected chi connectivity index (χ0v) is 14.1. The van der Waals surface area contributed by atoms with Crippen LogP contribution in [0.2, 0.25) is 5.02 Å². The molecule has 1 aromatic rings. The van der Waals surface area contributed by atoms with Crippen LogP contribution < -0.4 is 14.8 Å². The van der Waals surface area contributed by atoms with Crippen molar-refractivity contribution >= 4 is 11.6 Å². The van der Waals surface area contributed by atoms with Gasteiger partial charge in [0.05, 0.1) is 18.2 Å². The molecule has 4 heteroatoms. The second-order valence-corrected chi connectivity index (χ2v) is 6.27. The lowest BCUT2D eigenvalue weighted by molar-refractivity contribution is 0.230. The smallest absolute Gasteiger partial charge is 0.180 e. The van der Waals surface area contributed by atoms with Crippen LogP contribution in [0.5, 0.6) is 11.5 Å². The van der Waals surface area contributed by atoms with E-state index < -0.39 is 0 Å². The van der Waals surface area contributed by atoms with Crippen molar-refractivity contribution < 1.29 is 9.47 Å². The van der Waals surface area contributed by atoms with Gasteiger partial charge in [-0.1, -0.05) is 18.5 Å². The molecule has 3 nitrogen and oxygen atoms in total. The molecule has 0 radical (unpaired) electrons. The zero-order valence-electron chi connectivity index (χ0n) is 13.3. The fourth-order valence-electron chi connectivity index (χ4n) is 1.69. The number of nitrogens with one attached hydrogen (secondary N) is 1. The molecular formula is C16H26ClNO2. The first kappa shape index (κ1) is 17.1. The largest absolute Gasteiger partial charge is 0.493 e. The van der Waals surface area contributed by atoms with E-state index >= 15 is 0 Å². The van der Waals surface area contributed by atoms with E-state index in [1.807, 2.05) is 26.0 Å². The highest BCUT2D eigenvalue weighted by Gasteiger charge is 2.16.